The van der Waals surface area contributed by atoms with Gasteiger partial charge in [0, 0.05) is 17.7 Å². The van der Waals surface area contributed by atoms with E-state index >= 15 is 0 Å². The van der Waals surface area contributed by atoms with E-state index in [1.54, 1.807) is 24.3 Å². The Kier molecular flexibility index (Phi) is 7.49. The lowest BCUT2D eigenvalue weighted by Gasteiger charge is -2.10. The number of ether oxygens (including phenoxy) is 1. The normalized spacial score (nSPS) is 10.8. The first-order valence-corrected chi connectivity index (χ1v) is 10.8. The number of Topliss-reactive ketones (excluding diaryl/α,β-unsaturated/α-hetero) is 1. The number of carbonyl (C=O) groups excluding carboxylic acids is 3. The van der Waals surface area contributed by atoms with Crippen LogP contribution in [0.25, 0.3) is 0 Å². The summed E-state index contributed by atoms with van der Waals surface area (Å²) in [7, 11) is -3.58. The van der Waals surface area contributed by atoms with Crippen molar-refractivity contribution in [3.8, 4) is 0 Å². The zero-order valence-electron chi connectivity index (χ0n) is 16.1. The zero-order valence-corrected chi connectivity index (χ0v) is 16.9. The van der Waals surface area contributed by atoms with Crippen molar-refractivity contribution in [1.29, 1.82) is 0 Å². The molecule has 1 amide bonds. The summed E-state index contributed by atoms with van der Waals surface area (Å²) in [6.07, 6.45) is 2.11. The van der Waals surface area contributed by atoms with E-state index in [0.29, 0.717) is 17.7 Å². The monoisotopic (exact) mass is 418 g/mol. The van der Waals surface area contributed by atoms with Crippen LogP contribution in [0, 0.1) is 0 Å². The van der Waals surface area contributed by atoms with Crippen LogP contribution >= 0.6 is 0 Å². The van der Waals surface area contributed by atoms with Crippen LogP contribution in [0.4, 0.5) is 11.4 Å². The second-order valence-electron chi connectivity index (χ2n) is 6.29. The number of anilines is 2. The van der Waals surface area contributed by atoms with Gasteiger partial charge in [-0.25, -0.2) is 13.2 Å². The van der Waals surface area contributed by atoms with Gasteiger partial charge in [0.05, 0.1) is 17.5 Å². The summed E-state index contributed by atoms with van der Waals surface area (Å²) in [5.74, 6) is -1.37. The molecule has 0 unspecified atom stereocenters. The third kappa shape index (κ3) is 7.04. The average molecular weight is 418 g/mol. The molecule has 0 atom stereocenters. The molecule has 0 spiro atoms. The van der Waals surface area contributed by atoms with Gasteiger partial charge in [-0.3, -0.25) is 14.3 Å². The summed E-state index contributed by atoms with van der Waals surface area (Å²) in [4.78, 5) is 36.1. The molecule has 0 aliphatic rings. The molecule has 0 aliphatic carbocycles. The summed E-state index contributed by atoms with van der Waals surface area (Å²) in [5, 5.41) is 2.71. The summed E-state index contributed by atoms with van der Waals surface area (Å²) in [5.41, 5.74) is 0.950. The van der Waals surface area contributed by atoms with E-state index in [1.165, 1.54) is 24.3 Å². The van der Waals surface area contributed by atoms with Crippen molar-refractivity contribution in [2.24, 2.45) is 0 Å². The average Bonchev–Trinajstić information content (AvgIpc) is 2.66. The van der Waals surface area contributed by atoms with E-state index in [9.17, 15) is 22.8 Å². The number of amides is 1. The number of hydrogen-bond donors (Lipinski definition) is 2. The Balaban J connectivity index is 1.99. The quantitative estimate of drug-likeness (QED) is 0.477. The Morgan fingerprint density at radius 1 is 1.00 bits per heavy atom. The standard InChI is InChI=1S/C20H22N2O6S/c1-3-6-19(24)21-15-11-9-14(10-12-15)18(23)13-28-20(25)16-7-4-5-8-17(16)22-29(2,26)27/h4-5,7-12,22H,3,6,13H2,1-2H3,(H,21,24). The van der Waals surface area contributed by atoms with Gasteiger partial charge in [-0.2, -0.15) is 0 Å². The van der Waals surface area contributed by atoms with Crippen LogP contribution in [0.2, 0.25) is 0 Å². The fraction of sp³-hybridized carbons (Fsp3) is 0.250. The summed E-state index contributed by atoms with van der Waals surface area (Å²) < 4.78 is 30.1. The Bertz CT molecular complexity index is 1000. The molecule has 0 radical (unpaired) electrons. The first kappa shape index (κ1) is 22.1. The lowest BCUT2D eigenvalue weighted by atomic mass is 10.1. The Hall–Kier alpha value is -3.20. The molecule has 0 saturated carbocycles. The van der Waals surface area contributed by atoms with Crippen LogP contribution in [0.1, 0.15) is 40.5 Å². The number of ketones is 1. The number of carbonyl (C=O) groups is 3. The predicted octanol–water partition coefficient (Wildman–Crippen LogP) is 2.84. The smallest absolute Gasteiger partial charge is 0.340 e. The lowest BCUT2D eigenvalue weighted by Crippen LogP contribution is -2.17. The Labute approximate surface area is 169 Å². The molecule has 2 rings (SSSR count). The fourth-order valence-electron chi connectivity index (χ4n) is 2.43. The van der Waals surface area contributed by atoms with Crippen molar-refractivity contribution in [2.75, 3.05) is 22.9 Å². The van der Waals surface area contributed by atoms with Crippen LogP contribution < -0.4 is 10.0 Å². The topological polar surface area (TPSA) is 119 Å². The number of para-hydroxylation sites is 1. The van der Waals surface area contributed by atoms with Gasteiger partial charge < -0.3 is 10.1 Å². The third-order valence-corrected chi connectivity index (χ3v) is 4.34. The third-order valence-electron chi connectivity index (χ3n) is 3.74. The number of esters is 1. The molecular weight excluding hydrogens is 396 g/mol. The first-order chi connectivity index (χ1) is 13.7. The molecule has 0 fully saturated rings. The van der Waals surface area contributed by atoms with Gasteiger partial charge in [0.1, 0.15) is 0 Å². The molecule has 29 heavy (non-hydrogen) atoms. The molecule has 0 saturated heterocycles. The Morgan fingerprint density at radius 2 is 1.66 bits per heavy atom. The molecule has 2 aromatic carbocycles. The molecule has 0 heterocycles. The minimum atomic E-state index is -3.58. The van der Waals surface area contributed by atoms with E-state index in [0.717, 1.165) is 12.7 Å². The largest absolute Gasteiger partial charge is 0.454 e. The SMILES string of the molecule is CCCC(=O)Nc1ccc(C(=O)COC(=O)c2ccccc2NS(C)(=O)=O)cc1. The highest BCUT2D eigenvalue weighted by molar-refractivity contribution is 7.92. The predicted molar refractivity (Wildman–Crippen MR) is 110 cm³/mol. The molecule has 8 nitrogen and oxygen atoms in total. The van der Waals surface area contributed by atoms with Gasteiger partial charge in [0.25, 0.3) is 0 Å². The number of nitrogens with one attached hydrogen (secondary N) is 2. The molecule has 0 aromatic heterocycles. The van der Waals surface area contributed by atoms with E-state index in [-0.39, 0.29) is 17.2 Å². The summed E-state index contributed by atoms with van der Waals surface area (Å²) in [6, 6.07) is 12.2. The second-order valence-corrected chi connectivity index (χ2v) is 8.04. The van der Waals surface area contributed by atoms with Crippen LogP contribution in [0.15, 0.2) is 48.5 Å². The van der Waals surface area contributed by atoms with Crippen LogP contribution in [0.5, 0.6) is 0 Å². The number of hydrogen-bond acceptors (Lipinski definition) is 6. The highest BCUT2D eigenvalue weighted by Gasteiger charge is 2.17. The van der Waals surface area contributed by atoms with Crippen molar-refractivity contribution < 1.29 is 27.5 Å². The van der Waals surface area contributed by atoms with Gasteiger partial charge in [-0.05, 0) is 42.8 Å². The van der Waals surface area contributed by atoms with Crippen LogP contribution in [0.3, 0.4) is 0 Å². The molecular formula is C20H22N2O6S. The molecule has 9 heteroatoms. The van der Waals surface area contributed by atoms with Gasteiger partial charge >= 0.3 is 5.97 Å². The molecule has 0 bridgehead atoms. The number of sulfonamides is 1. The van der Waals surface area contributed by atoms with E-state index in [4.69, 9.17) is 4.74 Å². The molecule has 154 valence electrons. The van der Waals surface area contributed by atoms with Gasteiger partial charge in [0.2, 0.25) is 15.9 Å². The maximum absolute atomic E-state index is 12.3. The summed E-state index contributed by atoms with van der Waals surface area (Å²) in [6.45, 7) is 1.39. The fourth-order valence-corrected chi connectivity index (χ4v) is 3.01. The molecule has 0 aliphatic heterocycles. The van der Waals surface area contributed by atoms with Crippen LogP contribution in [-0.4, -0.2) is 38.9 Å². The highest BCUT2D eigenvalue weighted by atomic mass is 32.2. The summed E-state index contributed by atoms with van der Waals surface area (Å²) >= 11 is 0. The van der Waals surface area contributed by atoms with Crippen molar-refractivity contribution >= 4 is 39.1 Å². The second kappa shape index (κ2) is 9.83. The van der Waals surface area contributed by atoms with Crippen molar-refractivity contribution in [2.45, 2.75) is 19.8 Å². The minimum Gasteiger partial charge on any atom is -0.454 e. The van der Waals surface area contributed by atoms with Crippen molar-refractivity contribution in [3.05, 3.63) is 59.7 Å². The number of rotatable bonds is 9. The first-order valence-electron chi connectivity index (χ1n) is 8.86. The van der Waals surface area contributed by atoms with Gasteiger partial charge in [0.15, 0.2) is 12.4 Å². The van der Waals surface area contributed by atoms with Crippen molar-refractivity contribution in [1.82, 2.24) is 0 Å². The van der Waals surface area contributed by atoms with E-state index in [2.05, 4.69) is 10.0 Å². The Morgan fingerprint density at radius 3 is 2.28 bits per heavy atom. The maximum atomic E-state index is 12.3. The number of benzene rings is 2. The zero-order chi connectivity index (χ0) is 21.4. The van der Waals surface area contributed by atoms with Crippen molar-refractivity contribution in [3.63, 3.8) is 0 Å². The van der Waals surface area contributed by atoms with Gasteiger partial charge in [-0.15, -0.1) is 0 Å². The minimum absolute atomic E-state index is 0.000269. The van der Waals surface area contributed by atoms with E-state index < -0.39 is 28.4 Å². The van der Waals surface area contributed by atoms with E-state index in [1.807, 2.05) is 6.92 Å². The molecule has 2 N–H and O–H groups in total. The van der Waals surface area contributed by atoms with Gasteiger partial charge in [-0.1, -0.05) is 19.1 Å². The lowest BCUT2D eigenvalue weighted by molar-refractivity contribution is -0.116. The highest BCUT2D eigenvalue weighted by Crippen LogP contribution is 2.18. The molecule has 2 aromatic rings. The maximum Gasteiger partial charge on any atom is 0.340 e. The van der Waals surface area contributed by atoms with Crippen LogP contribution in [-0.2, 0) is 19.6 Å².